The van der Waals surface area contributed by atoms with E-state index in [1.165, 1.54) is 4.88 Å². The minimum Gasteiger partial charge on any atom is -0.487 e. The maximum Gasteiger partial charge on any atom is 0.137 e. The third-order valence-corrected chi connectivity index (χ3v) is 4.74. The van der Waals surface area contributed by atoms with Crippen LogP contribution in [0.1, 0.15) is 10.4 Å². The lowest BCUT2D eigenvalue weighted by atomic mass is 10.1. The summed E-state index contributed by atoms with van der Waals surface area (Å²) in [5.74, 6) is 0.896. The summed E-state index contributed by atoms with van der Waals surface area (Å²) >= 11 is 8.65. The second-order valence-electron chi connectivity index (χ2n) is 3.79. The van der Waals surface area contributed by atoms with Gasteiger partial charge in [0, 0.05) is 14.7 Å². The van der Waals surface area contributed by atoms with Crippen LogP contribution in [-0.4, -0.2) is 6.54 Å². The van der Waals surface area contributed by atoms with E-state index in [1.54, 1.807) is 11.3 Å². The first-order valence-corrected chi connectivity index (χ1v) is 8.00. The molecule has 2 N–H and O–H groups in total. The van der Waals surface area contributed by atoms with E-state index >= 15 is 0 Å². The number of nitrogens with two attached hydrogens (primary N) is 1. The Labute approximate surface area is 127 Å². The van der Waals surface area contributed by atoms with Gasteiger partial charge in [0.2, 0.25) is 0 Å². The monoisotopic (exact) mass is 389 g/mol. The van der Waals surface area contributed by atoms with Gasteiger partial charge in [-0.25, -0.2) is 0 Å². The van der Waals surface area contributed by atoms with Crippen molar-refractivity contribution in [3.05, 3.63) is 49.0 Å². The second-order valence-corrected chi connectivity index (χ2v) is 6.55. The van der Waals surface area contributed by atoms with Gasteiger partial charge in [-0.2, -0.15) is 0 Å². The van der Waals surface area contributed by atoms with Crippen LogP contribution in [0, 0.1) is 0 Å². The lowest BCUT2D eigenvalue weighted by Crippen LogP contribution is -2.05. The van der Waals surface area contributed by atoms with Gasteiger partial charge in [-0.3, -0.25) is 0 Å². The van der Waals surface area contributed by atoms with Crippen LogP contribution < -0.4 is 10.5 Å². The predicted octanol–water partition coefficient (Wildman–Crippen LogP) is 4.35. The van der Waals surface area contributed by atoms with Crippen LogP contribution >= 0.6 is 43.2 Å². The van der Waals surface area contributed by atoms with Crippen LogP contribution in [0.5, 0.6) is 5.75 Å². The third kappa shape index (κ3) is 3.57. The zero-order valence-corrected chi connectivity index (χ0v) is 13.6. The zero-order chi connectivity index (χ0) is 13.0. The van der Waals surface area contributed by atoms with Crippen molar-refractivity contribution in [1.29, 1.82) is 0 Å². The van der Waals surface area contributed by atoms with Crippen LogP contribution in [0.3, 0.4) is 0 Å². The minimum absolute atomic E-state index is 0.580. The molecule has 0 radical (unpaired) electrons. The van der Waals surface area contributed by atoms with Gasteiger partial charge in [-0.1, -0.05) is 12.1 Å². The molecule has 0 amide bonds. The first-order valence-electron chi connectivity index (χ1n) is 5.54. The molecule has 0 saturated heterocycles. The van der Waals surface area contributed by atoms with E-state index in [9.17, 15) is 0 Å². The molecule has 5 heteroatoms. The summed E-state index contributed by atoms with van der Waals surface area (Å²) in [7, 11) is 0. The molecule has 0 spiro atoms. The number of halogens is 2. The first kappa shape index (κ1) is 14.1. The SMILES string of the molecule is NCCc1cccc(Br)c1OCc1cc(Br)cs1. The van der Waals surface area contributed by atoms with E-state index in [0.29, 0.717) is 13.2 Å². The van der Waals surface area contributed by atoms with E-state index in [-0.39, 0.29) is 0 Å². The van der Waals surface area contributed by atoms with E-state index in [4.69, 9.17) is 10.5 Å². The number of ether oxygens (including phenoxy) is 1. The van der Waals surface area contributed by atoms with Crippen LogP contribution in [0.2, 0.25) is 0 Å². The normalized spacial score (nSPS) is 10.6. The molecule has 0 fully saturated rings. The number of hydrogen-bond acceptors (Lipinski definition) is 3. The Hall–Kier alpha value is -0.360. The second kappa shape index (κ2) is 6.70. The van der Waals surface area contributed by atoms with Crippen LogP contribution in [0.25, 0.3) is 0 Å². The molecule has 0 aliphatic heterocycles. The fourth-order valence-electron chi connectivity index (χ4n) is 1.64. The van der Waals surface area contributed by atoms with Crippen molar-refractivity contribution in [1.82, 2.24) is 0 Å². The summed E-state index contributed by atoms with van der Waals surface area (Å²) in [5, 5.41) is 2.06. The highest BCUT2D eigenvalue weighted by atomic mass is 79.9. The molecule has 2 nitrogen and oxygen atoms in total. The Kier molecular flexibility index (Phi) is 5.24. The van der Waals surface area contributed by atoms with Crippen molar-refractivity contribution in [2.45, 2.75) is 13.0 Å². The first-order chi connectivity index (χ1) is 8.70. The summed E-state index contributed by atoms with van der Waals surface area (Å²) < 4.78 is 7.98. The van der Waals surface area contributed by atoms with Gasteiger partial charge < -0.3 is 10.5 Å². The fraction of sp³-hybridized carbons (Fsp3) is 0.231. The molecule has 18 heavy (non-hydrogen) atoms. The summed E-state index contributed by atoms with van der Waals surface area (Å²) in [6, 6.07) is 8.12. The molecule has 0 aliphatic rings. The highest BCUT2D eigenvalue weighted by Crippen LogP contribution is 2.31. The van der Waals surface area contributed by atoms with E-state index in [2.05, 4.69) is 49.4 Å². The lowest BCUT2D eigenvalue weighted by molar-refractivity contribution is 0.304. The van der Waals surface area contributed by atoms with Gasteiger partial charge in [0.25, 0.3) is 0 Å². The molecule has 0 saturated carbocycles. The van der Waals surface area contributed by atoms with E-state index in [0.717, 1.165) is 26.7 Å². The van der Waals surface area contributed by atoms with E-state index in [1.807, 2.05) is 12.1 Å². The molecule has 0 bridgehead atoms. The Morgan fingerprint density at radius 1 is 1.28 bits per heavy atom. The number of thiophene rings is 1. The smallest absolute Gasteiger partial charge is 0.137 e. The predicted molar refractivity (Wildman–Crippen MR) is 83.3 cm³/mol. The largest absolute Gasteiger partial charge is 0.487 e. The molecular formula is C13H13Br2NOS. The molecule has 0 atom stereocenters. The summed E-state index contributed by atoms with van der Waals surface area (Å²) in [5.41, 5.74) is 6.76. The molecule has 1 aromatic heterocycles. The Morgan fingerprint density at radius 3 is 2.78 bits per heavy atom. The Balaban J connectivity index is 2.12. The van der Waals surface area contributed by atoms with Gasteiger partial charge in [0.1, 0.15) is 12.4 Å². The topological polar surface area (TPSA) is 35.2 Å². The quantitative estimate of drug-likeness (QED) is 0.823. The average molecular weight is 391 g/mol. The summed E-state index contributed by atoms with van der Waals surface area (Å²) in [6.07, 6.45) is 0.822. The molecular weight excluding hydrogens is 378 g/mol. The van der Waals surface area contributed by atoms with Crippen molar-refractivity contribution >= 4 is 43.2 Å². The standard InChI is InChI=1S/C13H13Br2NOS/c14-10-6-11(18-8-10)7-17-13-9(4-5-16)2-1-3-12(13)15/h1-3,6,8H,4-5,7,16H2. The maximum absolute atomic E-state index is 5.91. The summed E-state index contributed by atoms with van der Waals surface area (Å²) in [6.45, 7) is 1.20. The van der Waals surface area contributed by atoms with Crippen molar-refractivity contribution < 1.29 is 4.74 Å². The molecule has 2 rings (SSSR count). The van der Waals surface area contributed by atoms with Crippen LogP contribution in [0.4, 0.5) is 0 Å². The van der Waals surface area contributed by atoms with Crippen molar-refractivity contribution in [3.63, 3.8) is 0 Å². The average Bonchev–Trinajstić information content (AvgIpc) is 2.75. The Bertz CT molecular complexity index is 527. The molecule has 0 aliphatic carbocycles. The Morgan fingerprint density at radius 2 is 2.11 bits per heavy atom. The lowest BCUT2D eigenvalue weighted by Gasteiger charge is -2.12. The van der Waals surface area contributed by atoms with Gasteiger partial charge in [0.15, 0.2) is 0 Å². The van der Waals surface area contributed by atoms with Crippen molar-refractivity contribution in [2.24, 2.45) is 5.73 Å². The third-order valence-electron chi connectivity index (χ3n) is 2.44. The van der Waals surface area contributed by atoms with Gasteiger partial charge in [0.05, 0.1) is 4.47 Å². The van der Waals surface area contributed by atoms with Gasteiger partial charge in [-0.05, 0) is 62.5 Å². The van der Waals surface area contributed by atoms with Gasteiger partial charge in [-0.15, -0.1) is 11.3 Å². The van der Waals surface area contributed by atoms with Crippen molar-refractivity contribution in [2.75, 3.05) is 6.54 Å². The van der Waals surface area contributed by atoms with Crippen LogP contribution in [0.15, 0.2) is 38.6 Å². The zero-order valence-electron chi connectivity index (χ0n) is 9.66. The number of hydrogen-bond donors (Lipinski definition) is 1. The van der Waals surface area contributed by atoms with Crippen molar-refractivity contribution in [3.8, 4) is 5.75 Å². The molecule has 1 aromatic carbocycles. The summed E-state index contributed by atoms with van der Waals surface area (Å²) in [4.78, 5) is 1.19. The minimum atomic E-state index is 0.580. The number of benzene rings is 1. The molecule has 1 heterocycles. The molecule has 96 valence electrons. The fourth-order valence-corrected chi connectivity index (χ4v) is 3.52. The highest BCUT2D eigenvalue weighted by molar-refractivity contribution is 9.10. The molecule has 0 unspecified atom stereocenters. The number of para-hydroxylation sites is 1. The highest BCUT2D eigenvalue weighted by Gasteiger charge is 2.08. The maximum atomic E-state index is 5.91. The molecule has 2 aromatic rings. The number of rotatable bonds is 5. The van der Waals surface area contributed by atoms with Gasteiger partial charge >= 0.3 is 0 Å². The van der Waals surface area contributed by atoms with E-state index < -0.39 is 0 Å². The van der Waals surface area contributed by atoms with Crippen LogP contribution in [-0.2, 0) is 13.0 Å².